The second-order valence-corrected chi connectivity index (χ2v) is 6.41. The number of halogens is 2. The third-order valence-corrected chi connectivity index (χ3v) is 4.00. The van der Waals surface area contributed by atoms with Gasteiger partial charge in [0.25, 0.3) is 0 Å². The zero-order chi connectivity index (χ0) is 20.8. The van der Waals surface area contributed by atoms with Crippen LogP contribution in [0, 0.1) is 18.6 Å². The summed E-state index contributed by atoms with van der Waals surface area (Å²) in [4.78, 5) is 20.8. The first-order valence-corrected chi connectivity index (χ1v) is 9.13. The summed E-state index contributed by atoms with van der Waals surface area (Å²) in [6.45, 7) is 4.58. The van der Waals surface area contributed by atoms with Gasteiger partial charge in [-0.3, -0.25) is 4.79 Å². The highest BCUT2D eigenvalue weighted by atomic mass is 19.1. The summed E-state index contributed by atoms with van der Waals surface area (Å²) in [7, 11) is 0. The Morgan fingerprint density at radius 2 is 1.72 bits per heavy atom. The van der Waals surface area contributed by atoms with Crippen LogP contribution in [0.1, 0.15) is 18.2 Å². The van der Waals surface area contributed by atoms with Crippen molar-refractivity contribution >= 4 is 29.0 Å². The number of nitrogens with zero attached hydrogens (tertiary/aromatic N) is 2. The van der Waals surface area contributed by atoms with Gasteiger partial charge >= 0.3 is 0 Å². The van der Waals surface area contributed by atoms with Crippen molar-refractivity contribution in [3.63, 3.8) is 0 Å². The Morgan fingerprint density at radius 3 is 2.41 bits per heavy atom. The summed E-state index contributed by atoms with van der Waals surface area (Å²) in [5.41, 5.74) is 2.32. The highest BCUT2D eigenvalue weighted by molar-refractivity contribution is 5.92. The van der Waals surface area contributed by atoms with Crippen LogP contribution in [-0.2, 0) is 11.2 Å². The van der Waals surface area contributed by atoms with E-state index in [4.69, 9.17) is 0 Å². The standard InChI is InChI=1S/C21H21F2N5O/c1-3-24-21-25-13(2)10-19(28-21)26-16-6-8-17(9-7-16)27-20(29)11-14-4-5-15(22)12-18(14)23/h4-10,12H,3,11H2,1-2H3,(H,27,29)(H2,24,25,26,28). The first-order valence-electron chi connectivity index (χ1n) is 9.13. The number of amides is 1. The number of aromatic nitrogens is 2. The molecule has 29 heavy (non-hydrogen) atoms. The van der Waals surface area contributed by atoms with Crippen LogP contribution in [0.4, 0.5) is 31.9 Å². The van der Waals surface area contributed by atoms with Gasteiger partial charge in [0.2, 0.25) is 11.9 Å². The van der Waals surface area contributed by atoms with E-state index >= 15 is 0 Å². The van der Waals surface area contributed by atoms with Gasteiger partial charge in [0.1, 0.15) is 17.5 Å². The molecule has 2 aromatic carbocycles. The summed E-state index contributed by atoms with van der Waals surface area (Å²) in [6, 6.07) is 12.0. The van der Waals surface area contributed by atoms with Crippen LogP contribution >= 0.6 is 0 Å². The molecule has 0 saturated carbocycles. The lowest BCUT2D eigenvalue weighted by Gasteiger charge is -2.10. The minimum atomic E-state index is -0.739. The average molecular weight is 397 g/mol. The lowest BCUT2D eigenvalue weighted by atomic mass is 10.1. The molecule has 0 radical (unpaired) electrons. The van der Waals surface area contributed by atoms with E-state index in [0.29, 0.717) is 17.5 Å². The molecule has 3 aromatic rings. The minimum Gasteiger partial charge on any atom is -0.354 e. The highest BCUT2D eigenvalue weighted by Crippen LogP contribution is 2.19. The lowest BCUT2D eigenvalue weighted by molar-refractivity contribution is -0.115. The molecule has 1 heterocycles. The predicted molar refractivity (Wildman–Crippen MR) is 109 cm³/mol. The third-order valence-electron chi connectivity index (χ3n) is 4.00. The zero-order valence-corrected chi connectivity index (χ0v) is 16.1. The molecule has 0 aliphatic rings. The average Bonchev–Trinajstić information content (AvgIpc) is 2.65. The van der Waals surface area contributed by atoms with E-state index in [2.05, 4.69) is 25.9 Å². The van der Waals surface area contributed by atoms with Crippen LogP contribution in [0.25, 0.3) is 0 Å². The van der Waals surface area contributed by atoms with Crippen molar-refractivity contribution in [3.05, 3.63) is 71.4 Å². The molecule has 6 nitrogen and oxygen atoms in total. The molecule has 1 aromatic heterocycles. The van der Waals surface area contributed by atoms with Gasteiger partial charge < -0.3 is 16.0 Å². The molecule has 0 aliphatic heterocycles. The van der Waals surface area contributed by atoms with Gasteiger partial charge in [0, 0.05) is 35.7 Å². The van der Waals surface area contributed by atoms with Crippen molar-refractivity contribution in [2.45, 2.75) is 20.3 Å². The molecule has 3 rings (SSSR count). The predicted octanol–water partition coefficient (Wildman–Crippen LogP) is 4.42. The number of rotatable bonds is 7. The Morgan fingerprint density at radius 1 is 1.00 bits per heavy atom. The normalized spacial score (nSPS) is 10.5. The fourth-order valence-corrected chi connectivity index (χ4v) is 2.70. The number of nitrogens with one attached hydrogen (secondary N) is 3. The molecular formula is C21H21F2N5O. The summed E-state index contributed by atoms with van der Waals surface area (Å²) >= 11 is 0. The molecule has 150 valence electrons. The minimum absolute atomic E-state index is 0.137. The summed E-state index contributed by atoms with van der Waals surface area (Å²) in [5, 5.41) is 8.96. The van der Waals surface area contributed by atoms with Crippen LogP contribution in [0.3, 0.4) is 0 Å². The summed E-state index contributed by atoms with van der Waals surface area (Å²) in [5.74, 6) is -0.607. The number of benzene rings is 2. The van der Waals surface area contributed by atoms with Gasteiger partial charge in [-0.25, -0.2) is 13.8 Å². The first kappa shape index (κ1) is 20.2. The van der Waals surface area contributed by atoms with Gasteiger partial charge in [-0.05, 0) is 49.7 Å². The maximum atomic E-state index is 13.7. The van der Waals surface area contributed by atoms with Gasteiger partial charge in [0.05, 0.1) is 6.42 Å². The zero-order valence-electron chi connectivity index (χ0n) is 16.1. The molecule has 8 heteroatoms. The topological polar surface area (TPSA) is 78.9 Å². The molecule has 0 fully saturated rings. The first-order chi connectivity index (χ1) is 13.9. The van der Waals surface area contributed by atoms with E-state index in [0.717, 1.165) is 30.1 Å². The Hall–Kier alpha value is -3.55. The van der Waals surface area contributed by atoms with Crippen molar-refractivity contribution < 1.29 is 13.6 Å². The Balaban J connectivity index is 1.62. The van der Waals surface area contributed by atoms with Crippen molar-refractivity contribution in [2.75, 3.05) is 22.5 Å². The number of hydrogen-bond acceptors (Lipinski definition) is 5. The van der Waals surface area contributed by atoms with Gasteiger partial charge in [-0.2, -0.15) is 4.98 Å². The monoisotopic (exact) mass is 397 g/mol. The van der Waals surface area contributed by atoms with E-state index in [1.807, 2.05) is 19.9 Å². The van der Waals surface area contributed by atoms with E-state index in [1.165, 1.54) is 6.07 Å². The molecule has 0 aliphatic carbocycles. The van der Waals surface area contributed by atoms with Crippen molar-refractivity contribution in [2.24, 2.45) is 0 Å². The van der Waals surface area contributed by atoms with Crippen LogP contribution < -0.4 is 16.0 Å². The van der Waals surface area contributed by atoms with Crippen LogP contribution in [-0.4, -0.2) is 22.4 Å². The lowest BCUT2D eigenvalue weighted by Crippen LogP contribution is -2.15. The summed E-state index contributed by atoms with van der Waals surface area (Å²) in [6.07, 6.45) is -0.181. The molecule has 0 bridgehead atoms. The molecule has 3 N–H and O–H groups in total. The highest BCUT2D eigenvalue weighted by Gasteiger charge is 2.10. The fraction of sp³-hybridized carbons (Fsp3) is 0.190. The van der Waals surface area contributed by atoms with E-state index in [-0.39, 0.29) is 12.0 Å². The number of carbonyl (C=O) groups excluding carboxylic acids is 1. The second-order valence-electron chi connectivity index (χ2n) is 6.41. The van der Waals surface area contributed by atoms with Crippen LogP contribution in [0.5, 0.6) is 0 Å². The number of anilines is 4. The fourth-order valence-electron chi connectivity index (χ4n) is 2.70. The molecule has 0 atom stereocenters. The van der Waals surface area contributed by atoms with Crippen molar-refractivity contribution in [3.8, 4) is 0 Å². The molecule has 0 unspecified atom stereocenters. The maximum Gasteiger partial charge on any atom is 0.228 e. The summed E-state index contributed by atoms with van der Waals surface area (Å²) < 4.78 is 26.6. The van der Waals surface area contributed by atoms with Crippen LogP contribution in [0.15, 0.2) is 48.5 Å². The van der Waals surface area contributed by atoms with E-state index in [1.54, 1.807) is 24.3 Å². The van der Waals surface area contributed by atoms with E-state index in [9.17, 15) is 13.6 Å². The maximum absolute atomic E-state index is 13.7. The number of aryl methyl sites for hydroxylation is 1. The second kappa shape index (κ2) is 9.09. The Labute approximate surface area is 167 Å². The SMILES string of the molecule is CCNc1nc(C)cc(Nc2ccc(NC(=O)Cc3ccc(F)cc3F)cc2)n1. The molecule has 1 amide bonds. The molecule has 0 saturated heterocycles. The van der Waals surface area contributed by atoms with Crippen molar-refractivity contribution in [1.29, 1.82) is 0 Å². The smallest absolute Gasteiger partial charge is 0.228 e. The van der Waals surface area contributed by atoms with Crippen LogP contribution in [0.2, 0.25) is 0 Å². The quantitative estimate of drug-likeness (QED) is 0.550. The van der Waals surface area contributed by atoms with Gasteiger partial charge in [-0.1, -0.05) is 6.07 Å². The number of hydrogen-bond donors (Lipinski definition) is 3. The van der Waals surface area contributed by atoms with Gasteiger partial charge in [-0.15, -0.1) is 0 Å². The largest absolute Gasteiger partial charge is 0.354 e. The third kappa shape index (κ3) is 5.71. The van der Waals surface area contributed by atoms with E-state index < -0.39 is 17.5 Å². The Kier molecular flexibility index (Phi) is 6.33. The molecular weight excluding hydrogens is 376 g/mol. The Bertz CT molecular complexity index is 1010. The van der Waals surface area contributed by atoms with Crippen molar-refractivity contribution in [1.82, 2.24) is 9.97 Å². The van der Waals surface area contributed by atoms with Gasteiger partial charge in [0.15, 0.2) is 0 Å². The molecule has 0 spiro atoms. The number of carbonyl (C=O) groups is 1.